The molecule has 0 bridgehead atoms. The van der Waals surface area contributed by atoms with Crippen molar-refractivity contribution in [1.29, 1.82) is 0 Å². The summed E-state index contributed by atoms with van der Waals surface area (Å²) in [5.41, 5.74) is 0.655. The average molecular weight is 242 g/mol. The minimum absolute atomic E-state index is 0.173. The first kappa shape index (κ1) is 10.5. The summed E-state index contributed by atoms with van der Waals surface area (Å²) >= 11 is 6.79. The summed E-state index contributed by atoms with van der Waals surface area (Å²) in [4.78, 5) is 15.0. The molecule has 0 spiro atoms. The Hall–Kier alpha value is -1.00. The molecule has 0 aromatic heterocycles. The van der Waals surface area contributed by atoms with Crippen molar-refractivity contribution in [3.05, 3.63) is 29.8 Å². The Kier molecular flexibility index (Phi) is 2.98. The standard InChI is InChI=1S/C10H8ClNO2S/c11-9(14)7-5-15-10(12-7)6-3-1-2-4-8(6)13/h1-4,7,13H,5H2. The quantitative estimate of drug-likeness (QED) is 0.806. The van der Waals surface area contributed by atoms with Gasteiger partial charge in [0.1, 0.15) is 16.8 Å². The van der Waals surface area contributed by atoms with Crippen LogP contribution in [0.2, 0.25) is 0 Å². The van der Waals surface area contributed by atoms with Gasteiger partial charge in [-0.25, -0.2) is 0 Å². The normalized spacial score (nSPS) is 20.1. The Morgan fingerprint density at radius 2 is 2.27 bits per heavy atom. The van der Waals surface area contributed by atoms with Gasteiger partial charge in [-0.3, -0.25) is 9.79 Å². The number of carbonyl (C=O) groups excluding carboxylic acids is 1. The molecule has 0 saturated carbocycles. The van der Waals surface area contributed by atoms with Crippen molar-refractivity contribution in [3.63, 3.8) is 0 Å². The summed E-state index contributed by atoms with van der Waals surface area (Å²) in [5, 5.41) is 9.81. The first-order chi connectivity index (χ1) is 7.18. The van der Waals surface area contributed by atoms with E-state index < -0.39 is 11.3 Å². The number of para-hydroxylation sites is 1. The van der Waals surface area contributed by atoms with Crippen LogP contribution in [0.3, 0.4) is 0 Å². The van der Waals surface area contributed by atoms with E-state index in [0.29, 0.717) is 16.4 Å². The van der Waals surface area contributed by atoms with E-state index in [1.54, 1.807) is 18.2 Å². The maximum Gasteiger partial charge on any atom is 0.247 e. The predicted octanol–water partition coefficient (Wildman–Crippen LogP) is 2.02. The predicted molar refractivity (Wildman–Crippen MR) is 61.7 cm³/mol. The minimum atomic E-state index is -0.480. The van der Waals surface area contributed by atoms with E-state index in [4.69, 9.17) is 11.6 Å². The molecule has 1 aromatic rings. The van der Waals surface area contributed by atoms with E-state index in [2.05, 4.69) is 4.99 Å². The number of phenolic OH excluding ortho intramolecular Hbond substituents is 1. The van der Waals surface area contributed by atoms with E-state index in [-0.39, 0.29) is 5.75 Å². The molecule has 0 fully saturated rings. The van der Waals surface area contributed by atoms with Gasteiger partial charge in [0.25, 0.3) is 0 Å². The Balaban J connectivity index is 2.30. The highest BCUT2D eigenvalue weighted by Gasteiger charge is 2.25. The third kappa shape index (κ3) is 2.16. The van der Waals surface area contributed by atoms with Gasteiger partial charge in [0.15, 0.2) is 0 Å². The number of rotatable bonds is 2. The molecule has 1 aliphatic heterocycles. The molecule has 0 radical (unpaired) electrons. The molecule has 1 heterocycles. The van der Waals surface area contributed by atoms with Crippen molar-refractivity contribution < 1.29 is 9.90 Å². The van der Waals surface area contributed by atoms with Gasteiger partial charge in [-0.1, -0.05) is 12.1 Å². The number of benzene rings is 1. The van der Waals surface area contributed by atoms with Gasteiger partial charge in [-0.05, 0) is 23.7 Å². The molecule has 1 aromatic carbocycles. The lowest BCUT2D eigenvalue weighted by Crippen LogP contribution is -2.11. The molecule has 78 valence electrons. The molecule has 1 N–H and O–H groups in total. The molecule has 15 heavy (non-hydrogen) atoms. The van der Waals surface area contributed by atoms with E-state index >= 15 is 0 Å². The zero-order valence-corrected chi connectivity index (χ0v) is 9.26. The maximum atomic E-state index is 10.9. The number of aliphatic imine (C=N–C) groups is 1. The summed E-state index contributed by atoms with van der Waals surface area (Å²) in [6.45, 7) is 0. The number of thioether (sulfide) groups is 1. The number of halogens is 1. The molecular formula is C10H8ClNO2S. The molecule has 0 aliphatic carbocycles. The first-order valence-corrected chi connectivity index (χ1v) is 5.73. The number of aromatic hydroxyl groups is 1. The third-order valence-electron chi connectivity index (χ3n) is 2.05. The van der Waals surface area contributed by atoms with Crippen molar-refractivity contribution >= 4 is 33.6 Å². The van der Waals surface area contributed by atoms with Gasteiger partial charge >= 0.3 is 0 Å². The van der Waals surface area contributed by atoms with Gasteiger partial charge in [0.05, 0.1) is 0 Å². The molecule has 0 saturated heterocycles. The lowest BCUT2D eigenvalue weighted by Gasteiger charge is -2.01. The van der Waals surface area contributed by atoms with Gasteiger partial charge in [0, 0.05) is 11.3 Å². The molecule has 1 atom stereocenters. The minimum Gasteiger partial charge on any atom is -0.507 e. The van der Waals surface area contributed by atoms with E-state index in [1.165, 1.54) is 11.8 Å². The Morgan fingerprint density at radius 1 is 1.53 bits per heavy atom. The van der Waals surface area contributed by atoms with Crippen molar-refractivity contribution in [1.82, 2.24) is 0 Å². The Labute approximate surface area is 96.2 Å². The van der Waals surface area contributed by atoms with E-state index in [0.717, 1.165) is 0 Å². The molecular weight excluding hydrogens is 234 g/mol. The summed E-state index contributed by atoms with van der Waals surface area (Å²) < 4.78 is 0. The SMILES string of the molecule is O=C(Cl)C1CSC(c2ccccc2O)=N1. The second-order valence-corrected chi connectivity index (χ2v) is 4.46. The summed E-state index contributed by atoms with van der Waals surface area (Å²) in [6, 6.07) is 6.43. The van der Waals surface area contributed by atoms with Gasteiger partial charge in [0.2, 0.25) is 5.24 Å². The maximum absolute atomic E-state index is 10.9. The van der Waals surface area contributed by atoms with Crippen LogP contribution in [0.4, 0.5) is 0 Å². The van der Waals surface area contributed by atoms with Crippen LogP contribution in [0.25, 0.3) is 0 Å². The molecule has 1 aliphatic rings. The fourth-order valence-electron chi connectivity index (χ4n) is 1.29. The van der Waals surface area contributed by atoms with Crippen LogP contribution in [0.5, 0.6) is 5.75 Å². The van der Waals surface area contributed by atoms with Gasteiger partial charge in [-0.2, -0.15) is 0 Å². The fourth-order valence-corrected chi connectivity index (χ4v) is 2.58. The third-order valence-corrected chi connectivity index (χ3v) is 3.38. The van der Waals surface area contributed by atoms with Crippen LogP contribution in [0.15, 0.2) is 29.3 Å². The highest BCUT2D eigenvalue weighted by molar-refractivity contribution is 8.14. The number of carbonyl (C=O) groups is 1. The van der Waals surface area contributed by atoms with Gasteiger partial charge in [-0.15, -0.1) is 11.8 Å². The zero-order chi connectivity index (χ0) is 10.8. The highest BCUT2D eigenvalue weighted by Crippen LogP contribution is 2.28. The average Bonchev–Trinajstić information content (AvgIpc) is 2.67. The monoisotopic (exact) mass is 241 g/mol. The molecule has 2 rings (SSSR count). The van der Waals surface area contributed by atoms with Crippen molar-refractivity contribution in [2.75, 3.05) is 5.75 Å². The van der Waals surface area contributed by atoms with Crippen molar-refractivity contribution in [2.24, 2.45) is 4.99 Å². The van der Waals surface area contributed by atoms with Crippen molar-refractivity contribution in [2.45, 2.75) is 6.04 Å². The second kappa shape index (κ2) is 4.24. The zero-order valence-electron chi connectivity index (χ0n) is 7.68. The second-order valence-electron chi connectivity index (χ2n) is 3.08. The summed E-state index contributed by atoms with van der Waals surface area (Å²) in [6.07, 6.45) is 0. The summed E-state index contributed by atoms with van der Waals surface area (Å²) in [5.74, 6) is 0.720. The van der Waals surface area contributed by atoms with Crippen LogP contribution in [-0.2, 0) is 4.79 Å². The van der Waals surface area contributed by atoms with Crippen LogP contribution >= 0.6 is 23.4 Å². The topological polar surface area (TPSA) is 49.7 Å². The van der Waals surface area contributed by atoms with Crippen LogP contribution in [0, 0.1) is 0 Å². The Bertz CT molecular complexity index is 433. The largest absolute Gasteiger partial charge is 0.507 e. The van der Waals surface area contributed by atoms with Crippen LogP contribution in [-0.4, -0.2) is 27.2 Å². The van der Waals surface area contributed by atoms with Gasteiger partial charge < -0.3 is 5.11 Å². The number of hydrogen-bond acceptors (Lipinski definition) is 4. The van der Waals surface area contributed by atoms with E-state index in [1.807, 2.05) is 6.07 Å². The smallest absolute Gasteiger partial charge is 0.247 e. The lowest BCUT2D eigenvalue weighted by atomic mass is 10.2. The van der Waals surface area contributed by atoms with E-state index in [9.17, 15) is 9.90 Å². The summed E-state index contributed by atoms with van der Waals surface area (Å²) in [7, 11) is 0. The molecule has 0 amide bonds. The number of nitrogens with zero attached hydrogens (tertiary/aromatic N) is 1. The lowest BCUT2D eigenvalue weighted by molar-refractivity contribution is -0.112. The fraction of sp³-hybridized carbons (Fsp3) is 0.200. The molecule has 1 unspecified atom stereocenters. The first-order valence-electron chi connectivity index (χ1n) is 4.37. The molecule has 5 heteroatoms. The van der Waals surface area contributed by atoms with Crippen molar-refractivity contribution in [3.8, 4) is 5.75 Å². The molecule has 3 nitrogen and oxygen atoms in total. The highest BCUT2D eigenvalue weighted by atomic mass is 35.5. The number of hydrogen-bond donors (Lipinski definition) is 1. The number of phenols is 1. The Morgan fingerprint density at radius 3 is 2.87 bits per heavy atom. The van der Waals surface area contributed by atoms with Crippen LogP contribution in [0.1, 0.15) is 5.56 Å². The van der Waals surface area contributed by atoms with Crippen LogP contribution < -0.4 is 0 Å².